The lowest BCUT2D eigenvalue weighted by Gasteiger charge is -2.20. The summed E-state index contributed by atoms with van der Waals surface area (Å²) in [5.41, 5.74) is 0. The SMILES string of the molecule is COC(=O)C(C)CN(C)C(=O)CCCOc1ccccc1. The Kier molecular flexibility index (Phi) is 7.29. The monoisotopic (exact) mass is 293 g/mol. The van der Waals surface area contributed by atoms with E-state index in [1.165, 1.54) is 7.11 Å². The van der Waals surface area contributed by atoms with Gasteiger partial charge in [-0.15, -0.1) is 0 Å². The Morgan fingerprint density at radius 2 is 1.90 bits per heavy atom. The first-order valence-electron chi connectivity index (χ1n) is 7.04. The molecule has 21 heavy (non-hydrogen) atoms. The number of amides is 1. The molecule has 1 rings (SSSR count). The molecule has 1 amide bonds. The topological polar surface area (TPSA) is 55.8 Å². The average molecular weight is 293 g/mol. The van der Waals surface area contributed by atoms with E-state index in [0.717, 1.165) is 5.75 Å². The summed E-state index contributed by atoms with van der Waals surface area (Å²) < 4.78 is 10.2. The number of nitrogens with zero attached hydrogens (tertiary/aromatic N) is 1. The van der Waals surface area contributed by atoms with Crippen molar-refractivity contribution in [2.75, 3.05) is 27.3 Å². The van der Waals surface area contributed by atoms with Crippen LogP contribution in [0.4, 0.5) is 0 Å². The molecule has 116 valence electrons. The molecule has 5 heteroatoms. The van der Waals surface area contributed by atoms with E-state index in [2.05, 4.69) is 4.74 Å². The zero-order valence-corrected chi connectivity index (χ0v) is 12.9. The molecule has 0 saturated carbocycles. The van der Waals surface area contributed by atoms with Crippen LogP contribution >= 0.6 is 0 Å². The minimum absolute atomic E-state index is 0.00224. The summed E-state index contributed by atoms with van der Waals surface area (Å²) in [5, 5.41) is 0. The molecule has 0 heterocycles. The summed E-state index contributed by atoms with van der Waals surface area (Å²) in [4.78, 5) is 24.8. The number of hydrogen-bond donors (Lipinski definition) is 0. The van der Waals surface area contributed by atoms with Crippen LogP contribution in [0.2, 0.25) is 0 Å². The van der Waals surface area contributed by atoms with Crippen LogP contribution in [-0.4, -0.2) is 44.1 Å². The second kappa shape index (κ2) is 9.00. The fourth-order valence-electron chi connectivity index (χ4n) is 1.91. The van der Waals surface area contributed by atoms with Crippen molar-refractivity contribution in [2.45, 2.75) is 19.8 Å². The quantitative estimate of drug-likeness (QED) is 0.544. The van der Waals surface area contributed by atoms with Gasteiger partial charge in [0.2, 0.25) is 5.91 Å². The van der Waals surface area contributed by atoms with Gasteiger partial charge in [0, 0.05) is 20.0 Å². The molecule has 0 spiro atoms. The molecule has 1 aromatic carbocycles. The Balaban J connectivity index is 2.22. The van der Waals surface area contributed by atoms with Crippen molar-refractivity contribution in [1.82, 2.24) is 4.90 Å². The number of ether oxygens (including phenoxy) is 2. The first-order chi connectivity index (χ1) is 10.0. The molecule has 0 radical (unpaired) electrons. The predicted molar refractivity (Wildman–Crippen MR) is 80.0 cm³/mol. The molecule has 5 nitrogen and oxygen atoms in total. The highest BCUT2D eigenvalue weighted by atomic mass is 16.5. The highest BCUT2D eigenvalue weighted by Gasteiger charge is 2.18. The summed E-state index contributed by atoms with van der Waals surface area (Å²) in [6.07, 6.45) is 1.04. The Labute approximate surface area is 125 Å². The van der Waals surface area contributed by atoms with Crippen molar-refractivity contribution in [3.8, 4) is 5.75 Å². The van der Waals surface area contributed by atoms with E-state index in [9.17, 15) is 9.59 Å². The summed E-state index contributed by atoms with van der Waals surface area (Å²) in [5.74, 6) is 0.187. The number of para-hydroxylation sites is 1. The number of esters is 1. The molecule has 1 aromatic rings. The normalized spacial score (nSPS) is 11.6. The number of rotatable bonds is 8. The molecule has 1 atom stereocenters. The number of carbonyl (C=O) groups is 2. The van der Waals surface area contributed by atoms with E-state index in [1.54, 1.807) is 18.9 Å². The van der Waals surface area contributed by atoms with E-state index in [-0.39, 0.29) is 17.8 Å². The maximum atomic E-state index is 11.9. The Hall–Kier alpha value is -2.04. The molecule has 0 saturated heterocycles. The smallest absolute Gasteiger partial charge is 0.310 e. The third-order valence-electron chi connectivity index (χ3n) is 3.12. The predicted octanol–water partition coefficient (Wildman–Crippen LogP) is 2.11. The third kappa shape index (κ3) is 6.29. The van der Waals surface area contributed by atoms with Gasteiger partial charge >= 0.3 is 5.97 Å². The van der Waals surface area contributed by atoms with Crippen LogP contribution in [0.3, 0.4) is 0 Å². The summed E-state index contributed by atoms with van der Waals surface area (Å²) in [7, 11) is 3.04. The minimum Gasteiger partial charge on any atom is -0.494 e. The van der Waals surface area contributed by atoms with Gasteiger partial charge in [-0.25, -0.2) is 0 Å². The molecular weight excluding hydrogens is 270 g/mol. The lowest BCUT2D eigenvalue weighted by molar-refractivity contribution is -0.146. The fourth-order valence-corrected chi connectivity index (χ4v) is 1.91. The first-order valence-corrected chi connectivity index (χ1v) is 7.04. The Morgan fingerprint density at radius 3 is 2.52 bits per heavy atom. The van der Waals surface area contributed by atoms with Crippen molar-refractivity contribution < 1.29 is 19.1 Å². The van der Waals surface area contributed by atoms with Gasteiger partial charge in [-0.3, -0.25) is 9.59 Å². The largest absolute Gasteiger partial charge is 0.494 e. The number of hydrogen-bond acceptors (Lipinski definition) is 4. The van der Waals surface area contributed by atoms with E-state index in [0.29, 0.717) is 26.0 Å². The maximum Gasteiger partial charge on any atom is 0.310 e. The van der Waals surface area contributed by atoms with Crippen LogP contribution in [0.15, 0.2) is 30.3 Å². The third-order valence-corrected chi connectivity index (χ3v) is 3.12. The standard InChI is InChI=1S/C16H23NO4/c1-13(16(19)20-3)12-17(2)15(18)10-7-11-21-14-8-5-4-6-9-14/h4-6,8-9,13H,7,10-12H2,1-3H3. The minimum atomic E-state index is -0.315. The van der Waals surface area contributed by atoms with Gasteiger partial charge in [0.1, 0.15) is 5.75 Å². The average Bonchev–Trinajstić information content (AvgIpc) is 2.51. The van der Waals surface area contributed by atoms with Crippen molar-refractivity contribution in [2.24, 2.45) is 5.92 Å². The zero-order chi connectivity index (χ0) is 15.7. The second-order valence-electron chi connectivity index (χ2n) is 4.96. The maximum absolute atomic E-state index is 11.9. The molecule has 1 unspecified atom stereocenters. The summed E-state index contributed by atoms with van der Waals surface area (Å²) >= 11 is 0. The number of carbonyl (C=O) groups excluding carboxylic acids is 2. The van der Waals surface area contributed by atoms with E-state index in [4.69, 9.17) is 4.74 Å². The molecule has 0 fully saturated rings. The number of benzene rings is 1. The Bertz CT molecular complexity index is 447. The highest BCUT2D eigenvalue weighted by molar-refractivity contribution is 5.77. The van der Waals surface area contributed by atoms with Gasteiger partial charge in [0.05, 0.1) is 19.6 Å². The summed E-state index contributed by atoms with van der Waals surface area (Å²) in [6, 6.07) is 9.50. The molecule has 0 aromatic heterocycles. The lowest BCUT2D eigenvalue weighted by Crippen LogP contribution is -2.34. The van der Waals surface area contributed by atoms with Crippen molar-refractivity contribution in [1.29, 1.82) is 0 Å². The molecule has 0 aliphatic rings. The Morgan fingerprint density at radius 1 is 1.24 bits per heavy atom. The van der Waals surface area contributed by atoms with Crippen LogP contribution in [-0.2, 0) is 14.3 Å². The van der Waals surface area contributed by atoms with Gasteiger partial charge in [-0.05, 0) is 18.6 Å². The fraction of sp³-hybridized carbons (Fsp3) is 0.500. The zero-order valence-electron chi connectivity index (χ0n) is 12.9. The van der Waals surface area contributed by atoms with Crippen LogP contribution in [0, 0.1) is 5.92 Å². The van der Waals surface area contributed by atoms with Gasteiger partial charge < -0.3 is 14.4 Å². The van der Waals surface area contributed by atoms with Gasteiger partial charge in [-0.1, -0.05) is 25.1 Å². The van der Waals surface area contributed by atoms with E-state index >= 15 is 0 Å². The summed E-state index contributed by atoms with van der Waals surface area (Å²) in [6.45, 7) is 2.61. The molecular formula is C16H23NO4. The van der Waals surface area contributed by atoms with E-state index < -0.39 is 0 Å². The molecule has 0 aliphatic heterocycles. The van der Waals surface area contributed by atoms with Crippen LogP contribution in [0.1, 0.15) is 19.8 Å². The van der Waals surface area contributed by atoms with Gasteiger partial charge in [-0.2, -0.15) is 0 Å². The number of methoxy groups -OCH3 is 1. The lowest BCUT2D eigenvalue weighted by atomic mass is 10.1. The van der Waals surface area contributed by atoms with Crippen molar-refractivity contribution in [3.63, 3.8) is 0 Å². The highest BCUT2D eigenvalue weighted by Crippen LogP contribution is 2.09. The van der Waals surface area contributed by atoms with Crippen LogP contribution in [0.5, 0.6) is 5.75 Å². The van der Waals surface area contributed by atoms with Crippen LogP contribution in [0.25, 0.3) is 0 Å². The first kappa shape index (κ1) is 17.0. The van der Waals surface area contributed by atoms with Crippen LogP contribution < -0.4 is 4.74 Å². The van der Waals surface area contributed by atoms with Crippen molar-refractivity contribution in [3.05, 3.63) is 30.3 Å². The second-order valence-corrected chi connectivity index (χ2v) is 4.96. The molecule has 0 aliphatic carbocycles. The van der Waals surface area contributed by atoms with Gasteiger partial charge in [0.15, 0.2) is 0 Å². The molecule has 0 bridgehead atoms. The van der Waals surface area contributed by atoms with Gasteiger partial charge in [0.25, 0.3) is 0 Å². The van der Waals surface area contributed by atoms with E-state index in [1.807, 2.05) is 30.3 Å². The van der Waals surface area contributed by atoms with Crippen molar-refractivity contribution >= 4 is 11.9 Å². The molecule has 0 N–H and O–H groups in total.